The molecule has 0 aliphatic rings. The van der Waals surface area contributed by atoms with E-state index in [4.69, 9.17) is 4.42 Å². The number of aliphatic hydroxyl groups is 1. The van der Waals surface area contributed by atoms with E-state index in [1.807, 2.05) is 25.1 Å². The highest BCUT2D eigenvalue weighted by atomic mass is 19.1. The number of aromatic nitrogens is 1. The van der Waals surface area contributed by atoms with Crippen molar-refractivity contribution in [1.82, 2.24) is 10.3 Å². The predicted molar refractivity (Wildman–Crippen MR) is 86.3 cm³/mol. The summed E-state index contributed by atoms with van der Waals surface area (Å²) >= 11 is 0. The number of halogens is 1. The Balaban J connectivity index is 1.70. The van der Waals surface area contributed by atoms with E-state index in [-0.39, 0.29) is 6.04 Å². The Kier molecular flexibility index (Phi) is 4.69. The van der Waals surface area contributed by atoms with E-state index in [0.29, 0.717) is 18.5 Å². The smallest absolute Gasteiger partial charge is 0.152 e. The molecule has 0 fully saturated rings. The van der Waals surface area contributed by atoms with Gasteiger partial charge in [0.2, 0.25) is 0 Å². The highest BCUT2D eigenvalue weighted by Gasteiger charge is 2.21. The Bertz CT molecular complexity index is 787. The first-order valence-electron chi connectivity index (χ1n) is 7.68. The molecule has 0 spiro atoms. The van der Waals surface area contributed by atoms with E-state index in [1.54, 1.807) is 24.5 Å². The Labute approximate surface area is 134 Å². The summed E-state index contributed by atoms with van der Waals surface area (Å²) in [5, 5.41) is 13.7. The van der Waals surface area contributed by atoms with Crippen LogP contribution in [0.25, 0.3) is 11.1 Å². The first kappa shape index (κ1) is 15.6. The largest absolute Gasteiger partial charge is 0.463 e. The van der Waals surface area contributed by atoms with Gasteiger partial charge in [0, 0.05) is 24.2 Å². The van der Waals surface area contributed by atoms with Crippen LogP contribution in [0.2, 0.25) is 0 Å². The zero-order valence-corrected chi connectivity index (χ0v) is 12.9. The quantitative estimate of drug-likeness (QED) is 0.730. The van der Waals surface area contributed by atoms with E-state index in [1.165, 1.54) is 6.07 Å². The second kappa shape index (κ2) is 6.89. The standard InChI is InChI=1S/C18H19FN2O2/c1-2-15(18(22)13-5-3-4-6-14(13)19)20-11-12-7-8-17-16(21-12)9-10-23-17/h3-10,15,18,20,22H,2,11H2,1H3. The van der Waals surface area contributed by atoms with Gasteiger partial charge in [0.25, 0.3) is 0 Å². The molecule has 0 aliphatic carbocycles. The summed E-state index contributed by atoms with van der Waals surface area (Å²) in [5.41, 5.74) is 2.70. The van der Waals surface area contributed by atoms with Gasteiger partial charge in [0.15, 0.2) is 5.58 Å². The lowest BCUT2D eigenvalue weighted by molar-refractivity contribution is 0.121. The zero-order valence-electron chi connectivity index (χ0n) is 12.9. The first-order chi connectivity index (χ1) is 11.2. The number of nitrogens with zero attached hydrogens (tertiary/aromatic N) is 1. The lowest BCUT2D eigenvalue weighted by Gasteiger charge is -2.23. The lowest BCUT2D eigenvalue weighted by Crippen LogP contribution is -2.34. The van der Waals surface area contributed by atoms with Gasteiger partial charge in [-0.2, -0.15) is 0 Å². The van der Waals surface area contributed by atoms with Crippen LogP contribution in [0.4, 0.5) is 4.39 Å². The van der Waals surface area contributed by atoms with Crippen LogP contribution < -0.4 is 5.32 Å². The molecule has 0 saturated heterocycles. The molecule has 0 amide bonds. The molecule has 0 radical (unpaired) electrons. The number of furan rings is 1. The third kappa shape index (κ3) is 3.41. The third-order valence-corrected chi connectivity index (χ3v) is 3.95. The molecule has 3 rings (SSSR count). The maximum atomic E-state index is 13.8. The molecule has 2 N–H and O–H groups in total. The van der Waals surface area contributed by atoms with Crippen LogP contribution in [0, 0.1) is 5.82 Å². The van der Waals surface area contributed by atoms with Crippen molar-refractivity contribution >= 4 is 11.1 Å². The zero-order chi connectivity index (χ0) is 16.2. The van der Waals surface area contributed by atoms with E-state index < -0.39 is 11.9 Å². The summed E-state index contributed by atoms with van der Waals surface area (Å²) < 4.78 is 19.1. The van der Waals surface area contributed by atoms with Crippen LogP contribution in [0.3, 0.4) is 0 Å². The van der Waals surface area contributed by atoms with Crippen molar-refractivity contribution in [2.24, 2.45) is 0 Å². The first-order valence-corrected chi connectivity index (χ1v) is 7.68. The van der Waals surface area contributed by atoms with E-state index in [0.717, 1.165) is 16.8 Å². The number of pyridine rings is 1. The number of benzene rings is 1. The minimum Gasteiger partial charge on any atom is -0.463 e. The van der Waals surface area contributed by atoms with Gasteiger partial charge in [-0.15, -0.1) is 0 Å². The fourth-order valence-electron chi connectivity index (χ4n) is 2.64. The van der Waals surface area contributed by atoms with Crippen molar-refractivity contribution in [1.29, 1.82) is 0 Å². The van der Waals surface area contributed by atoms with Crippen molar-refractivity contribution in [3.8, 4) is 0 Å². The van der Waals surface area contributed by atoms with Crippen LogP contribution in [0.1, 0.15) is 30.7 Å². The topological polar surface area (TPSA) is 58.3 Å². The Hall–Kier alpha value is -2.24. The number of nitrogens with one attached hydrogen (secondary N) is 1. The molecule has 2 heterocycles. The Morgan fingerprint density at radius 2 is 2.04 bits per heavy atom. The van der Waals surface area contributed by atoms with Gasteiger partial charge in [0.1, 0.15) is 11.3 Å². The minimum absolute atomic E-state index is 0.256. The molecule has 0 aliphatic heterocycles. The normalized spacial score (nSPS) is 14.0. The average Bonchev–Trinajstić information content (AvgIpc) is 3.03. The molecular weight excluding hydrogens is 295 g/mol. The van der Waals surface area contributed by atoms with Gasteiger partial charge in [0.05, 0.1) is 18.1 Å². The molecule has 5 heteroatoms. The lowest BCUT2D eigenvalue weighted by atomic mass is 9.99. The van der Waals surface area contributed by atoms with Crippen molar-refractivity contribution in [2.45, 2.75) is 32.0 Å². The molecule has 2 aromatic heterocycles. The van der Waals surface area contributed by atoms with Gasteiger partial charge in [-0.25, -0.2) is 9.37 Å². The van der Waals surface area contributed by atoms with Crippen LogP contribution in [-0.2, 0) is 6.54 Å². The summed E-state index contributed by atoms with van der Waals surface area (Å²) in [7, 11) is 0. The van der Waals surface area contributed by atoms with Gasteiger partial charge >= 0.3 is 0 Å². The molecule has 0 bridgehead atoms. The molecule has 4 nitrogen and oxygen atoms in total. The van der Waals surface area contributed by atoms with E-state index >= 15 is 0 Å². The van der Waals surface area contributed by atoms with Crippen LogP contribution in [0.15, 0.2) is 53.1 Å². The SMILES string of the molecule is CCC(NCc1ccc2occc2n1)C(O)c1ccccc1F. The number of aliphatic hydroxyl groups excluding tert-OH is 1. The molecule has 2 atom stereocenters. The van der Waals surface area contributed by atoms with Crippen LogP contribution in [0.5, 0.6) is 0 Å². The molecule has 1 aromatic carbocycles. The maximum absolute atomic E-state index is 13.8. The molecule has 120 valence electrons. The molecule has 2 unspecified atom stereocenters. The number of hydrogen-bond donors (Lipinski definition) is 2. The summed E-state index contributed by atoms with van der Waals surface area (Å²) in [4.78, 5) is 4.48. The number of hydrogen-bond acceptors (Lipinski definition) is 4. The second-order valence-electron chi connectivity index (χ2n) is 5.47. The number of rotatable bonds is 6. The van der Waals surface area contributed by atoms with E-state index in [9.17, 15) is 9.50 Å². The Morgan fingerprint density at radius 1 is 1.22 bits per heavy atom. The minimum atomic E-state index is -0.904. The molecule has 3 aromatic rings. The molecular formula is C18H19FN2O2. The third-order valence-electron chi connectivity index (χ3n) is 3.95. The fraction of sp³-hybridized carbons (Fsp3) is 0.278. The van der Waals surface area contributed by atoms with E-state index in [2.05, 4.69) is 10.3 Å². The van der Waals surface area contributed by atoms with Gasteiger partial charge < -0.3 is 14.8 Å². The summed E-state index contributed by atoms with van der Waals surface area (Å²) in [5.74, 6) is -0.391. The molecule has 0 saturated carbocycles. The average molecular weight is 314 g/mol. The Morgan fingerprint density at radius 3 is 2.83 bits per heavy atom. The van der Waals surface area contributed by atoms with Gasteiger partial charge in [-0.3, -0.25) is 0 Å². The predicted octanol–water partition coefficient (Wildman–Crippen LogP) is 3.57. The van der Waals surface area contributed by atoms with Crippen molar-refractivity contribution in [3.05, 3.63) is 65.8 Å². The maximum Gasteiger partial charge on any atom is 0.152 e. The molecule has 23 heavy (non-hydrogen) atoms. The fourth-order valence-corrected chi connectivity index (χ4v) is 2.64. The summed E-state index contributed by atoms with van der Waals surface area (Å²) in [6, 6.07) is 11.6. The highest BCUT2D eigenvalue weighted by molar-refractivity contribution is 5.72. The highest BCUT2D eigenvalue weighted by Crippen LogP contribution is 2.22. The van der Waals surface area contributed by atoms with Crippen molar-refractivity contribution in [2.75, 3.05) is 0 Å². The van der Waals surface area contributed by atoms with Gasteiger partial charge in [-0.05, 0) is 24.6 Å². The number of fused-ring (bicyclic) bond motifs is 1. The van der Waals surface area contributed by atoms with Crippen molar-refractivity contribution in [3.63, 3.8) is 0 Å². The second-order valence-corrected chi connectivity index (χ2v) is 5.47. The van der Waals surface area contributed by atoms with Crippen LogP contribution in [-0.4, -0.2) is 16.1 Å². The summed E-state index contributed by atoms with van der Waals surface area (Å²) in [6.07, 6.45) is 1.37. The van der Waals surface area contributed by atoms with Gasteiger partial charge in [-0.1, -0.05) is 25.1 Å². The van der Waals surface area contributed by atoms with Crippen LogP contribution >= 0.6 is 0 Å². The summed E-state index contributed by atoms with van der Waals surface area (Å²) in [6.45, 7) is 2.44. The monoisotopic (exact) mass is 314 g/mol. The van der Waals surface area contributed by atoms with Crippen molar-refractivity contribution < 1.29 is 13.9 Å².